The van der Waals surface area contributed by atoms with Gasteiger partial charge in [-0.3, -0.25) is 4.79 Å². The quantitative estimate of drug-likeness (QED) is 0.400. The topological polar surface area (TPSA) is 105 Å². The maximum absolute atomic E-state index is 13.1. The Morgan fingerprint density at radius 2 is 2.10 bits per heavy atom. The van der Waals surface area contributed by atoms with E-state index in [-0.39, 0.29) is 25.2 Å². The molecule has 0 aliphatic heterocycles. The summed E-state index contributed by atoms with van der Waals surface area (Å²) in [5.41, 5.74) is 0.981. The van der Waals surface area contributed by atoms with Crippen LogP contribution in [-0.4, -0.2) is 36.5 Å². The van der Waals surface area contributed by atoms with Gasteiger partial charge in [0.2, 0.25) is 11.6 Å². The number of hydrogen-bond acceptors (Lipinski definition) is 6. The third-order valence-electron chi connectivity index (χ3n) is 4.53. The van der Waals surface area contributed by atoms with Crippen molar-refractivity contribution in [1.29, 1.82) is 0 Å². The van der Waals surface area contributed by atoms with Gasteiger partial charge in [0.15, 0.2) is 0 Å². The van der Waals surface area contributed by atoms with Gasteiger partial charge in [-0.1, -0.05) is 30.2 Å². The summed E-state index contributed by atoms with van der Waals surface area (Å²) in [6, 6.07) is 3.31. The van der Waals surface area contributed by atoms with Gasteiger partial charge in [-0.05, 0) is 31.4 Å². The smallest absolute Gasteiger partial charge is 0.299 e. The van der Waals surface area contributed by atoms with Gasteiger partial charge in [0, 0.05) is 17.5 Å². The number of carbonyl (C=O) groups excluding carboxylic acids is 1. The second-order valence-electron chi connectivity index (χ2n) is 6.49. The lowest BCUT2D eigenvalue weighted by Gasteiger charge is -2.17. The molecular formula is C18H17ClF2N5O3-. The van der Waals surface area contributed by atoms with Gasteiger partial charge in [-0.15, -0.1) is 5.10 Å². The molecule has 0 saturated heterocycles. The average Bonchev–Trinajstić information content (AvgIpc) is 3.15. The fourth-order valence-corrected chi connectivity index (χ4v) is 3.14. The molecule has 3 aromatic heterocycles. The van der Waals surface area contributed by atoms with E-state index in [1.807, 2.05) is 0 Å². The molecule has 3 heterocycles. The summed E-state index contributed by atoms with van der Waals surface area (Å²) in [6.45, 7) is 1.87. The molecule has 3 rings (SSSR count). The second kappa shape index (κ2) is 8.75. The van der Waals surface area contributed by atoms with E-state index in [0.717, 1.165) is 10.1 Å². The zero-order chi connectivity index (χ0) is 21.1. The highest BCUT2D eigenvalue weighted by Crippen LogP contribution is 2.18. The third-order valence-corrected chi connectivity index (χ3v) is 4.76. The number of alkyl halides is 2. The number of aldehydes is 1. The number of carbonyl (C=O) groups is 1. The van der Waals surface area contributed by atoms with Crippen LogP contribution in [0.3, 0.4) is 0 Å². The van der Waals surface area contributed by atoms with Crippen molar-refractivity contribution in [3.8, 4) is 0 Å². The van der Waals surface area contributed by atoms with E-state index in [1.54, 1.807) is 23.6 Å². The van der Waals surface area contributed by atoms with Gasteiger partial charge in [0.1, 0.15) is 11.4 Å². The zero-order valence-electron chi connectivity index (χ0n) is 15.4. The van der Waals surface area contributed by atoms with Crippen molar-refractivity contribution in [2.24, 2.45) is 0 Å². The molecule has 154 valence electrons. The Labute approximate surface area is 168 Å². The van der Waals surface area contributed by atoms with Crippen LogP contribution >= 0.6 is 11.6 Å². The van der Waals surface area contributed by atoms with Crippen LogP contribution in [0.4, 0.5) is 8.78 Å². The van der Waals surface area contributed by atoms with Crippen molar-refractivity contribution in [3.63, 3.8) is 0 Å². The molecule has 1 unspecified atom stereocenters. The minimum Gasteiger partial charge on any atom is -0.847 e. The number of aromatic nitrogens is 5. The van der Waals surface area contributed by atoms with E-state index < -0.39 is 23.9 Å². The first-order valence-electron chi connectivity index (χ1n) is 8.80. The van der Waals surface area contributed by atoms with E-state index in [4.69, 9.17) is 11.6 Å². The Morgan fingerprint density at radius 3 is 2.72 bits per heavy atom. The lowest BCUT2D eigenvalue weighted by Crippen LogP contribution is -2.28. The molecule has 0 aromatic carbocycles. The minimum atomic E-state index is -2.93. The highest BCUT2D eigenvalue weighted by molar-refractivity contribution is 6.29. The molecule has 0 aliphatic carbocycles. The van der Waals surface area contributed by atoms with E-state index >= 15 is 0 Å². The van der Waals surface area contributed by atoms with Gasteiger partial charge in [0.05, 0.1) is 6.54 Å². The number of nitrogens with zero attached hydrogens (tertiary/aromatic N) is 5. The Balaban J connectivity index is 2.09. The van der Waals surface area contributed by atoms with Crippen LogP contribution < -0.4 is 10.7 Å². The standard InChI is InChI=1S/C18H17ClF2N5O3/c1-10-13(4-2-3-12(28)9-27)17(29)26-18(23-16(24-26)15(20)21)25(10)8-11-5-6-14(19)22-7-11/h5-7,9,12,15H,2-4,8H2,1H3/q-1. The number of halogens is 3. The predicted octanol–water partition coefficient (Wildman–Crippen LogP) is 1.48. The van der Waals surface area contributed by atoms with Gasteiger partial charge in [-0.25, -0.2) is 13.8 Å². The Morgan fingerprint density at radius 1 is 1.34 bits per heavy atom. The molecule has 0 amide bonds. The molecule has 29 heavy (non-hydrogen) atoms. The lowest BCUT2D eigenvalue weighted by molar-refractivity contribution is -0.401. The summed E-state index contributed by atoms with van der Waals surface area (Å²) in [7, 11) is 0. The second-order valence-corrected chi connectivity index (χ2v) is 6.88. The highest BCUT2D eigenvalue weighted by Gasteiger charge is 2.21. The van der Waals surface area contributed by atoms with Crippen LogP contribution in [0.2, 0.25) is 5.15 Å². The molecule has 0 N–H and O–H groups in total. The Bertz CT molecular complexity index is 1080. The van der Waals surface area contributed by atoms with Crippen LogP contribution in [0.25, 0.3) is 5.78 Å². The molecule has 1 atom stereocenters. The fraction of sp³-hybridized carbons (Fsp3) is 0.389. The Kier molecular flexibility index (Phi) is 6.33. The summed E-state index contributed by atoms with van der Waals surface area (Å²) in [5, 5.41) is 15.3. The normalized spacial score (nSPS) is 12.6. The van der Waals surface area contributed by atoms with Crippen LogP contribution in [0.1, 0.15) is 41.9 Å². The number of rotatable bonds is 8. The van der Waals surface area contributed by atoms with Crippen LogP contribution in [-0.2, 0) is 17.8 Å². The zero-order valence-corrected chi connectivity index (χ0v) is 16.1. The summed E-state index contributed by atoms with van der Waals surface area (Å²) in [6.07, 6.45) is -1.87. The van der Waals surface area contributed by atoms with Crippen molar-refractivity contribution in [3.05, 3.63) is 56.5 Å². The molecule has 3 aromatic rings. The molecule has 0 spiro atoms. The molecule has 8 nitrogen and oxygen atoms in total. The van der Waals surface area contributed by atoms with Crippen LogP contribution in [0.15, 0.2) is 23.1 Å². The largest absolute Gasteiger partial charge is 0.847 e. The van der Waals surface area contributed by atoms with Gasteiger partial charge in [0.25, 0.3) is 12.0 Å². The third kappa shape index (κ3) is 4.48. The highest BCUT2D eigenvalue weighted by atomic mass is 35.5. The lowest BCUT2D eigenvalue weighted by atomic mass is 10.1. The molecule has 0 radical (unpaired) electrons. The monoisotopic (exact) mass is 424 g/mol. The summed E-state index contributed by atoms with van der Waals surface area (Å²) in [5.74, 6) is -0.765. The maximum Gasteiger partial charge on any atom is 0.299 e. The van der Waals surface area contributed by atoms with Gasteiger partial charge >= 0.3 is 0 Å². The van der Waals surface area contributed by atoms with Crippen molar-refractivity contribution in [2.75, 3.05) is 0 Å². The molecule has 0 aliphatic rings. The van der Waals surface area contributed by atoms with Gasteiger partial charge in [-0.2, -0.15) is 9.50 Å². The maximum atomic E-state index is 13.1. The first-order chi connectivity index (χ1) is 13.8. The molecule has 0 fully saturated rings. The minimum absolute atomic E-state index is 0.0175. The predicted molar refractivity (Wildman–Crippen MR) is 98.1 cm³/mol. The SMILES string of the molecule is Cc1c(CCCC([O-])C=O)c(=O)n2nc(C(F)F)nc2n1Cc1ccc(Cl)nc1. The average molecular weight is 425 g/mol. The van der Waals surface area contributed by atoms with Crippen molar-refractivity contribution in [2.45, 2.75) is 45.3 Å². The fourth-order valence-electron chi connectivity index (χ4n) is 3.03. The van der Waals surface area contributed by atoms with Crippen LogP contribution in [0, 0.1) is 6.92 Å². The molecular weight excluding hydrogens is 408 g/mol. The van der Waals surface area contributed by atoms with Crippen LogP contribution in [0.5, 0.6) is 0 Å². The van der Waals surface area contributed by atoms with E-state index in [1.165, 1.54) is 6.20 Å². The first kappa shape index (κ1) is 21.0. The first-order valence-corrected chi connectivity index (χ1v) is 9.18. The summed E-state index contributed by atoms with van der Waals surface area (Å²) in [4.78, 5) is 31.2. The van der Waals surface area contributed by atoms with Crippen molar-refractivity contribution in [1.82, 2.24) is 24.1 Å². The number of fused-ring (bicyclic) bond motifs is 1. The van der Waals surface area contributed by atoms with Crippen molar-refractivity contribution < 1.29 is 18.7 Å². The van der Waals surface area contributed by atoms with E-state index in [0.29, 0.717) is 29.1 Å². The summed E-state index contributed by atoms with van der Waals surface area (Å²) >= 11 is 5.80. The summed E-state index contributed by atoms with van der Waals surface area (Å²) < 4.78 is 28.7. The molecule has 11 heteroatoms. The number of pyridine rings is 1. The Hall–Kier alpha value is -2.72. The van der Waals surface area contributed by atoms with E-state index in [2.05, 4.69) is 15.1 Å². The van der Waals surface area contributed by atoms with Gasteiger partial charge < -0.3 is 14.5 Å². The van der Waals surface area contributed by atoms with Crippen molar-refractivity contribution >= 4 is 23.7 Å². The molecule has 0 bridgehead atoms. The van der Waals surface area contributed by atoms with E-state index in [9.17, 15) is 23.5 Å². The number of hydrogen-bond donors (Lipinski definition) is 0. The molecule has 0 saturated carbocycles.